The molecular formula is C17H23FN2O. The Kier molecular flexibility index (Phi) is 4.54. The van der Waals surface area contributed by atoms with Crippen molar-refractivity contribution in [1.29, 1.82) is 0 Å². The number of hydrogen-bond donors (Lipinski definition) is 0. The number of benzene rings is 1. The van der Waals surface area contributed by atoms with E-state index in [1.165, 1.54) is 18.9 Å². The van der Waals surface area contributed by atoms with E-state index in [1.54, 1.807) is 18.2 Å². The molecule has 2 fully saturated rings. The topological polar surface area (TPSA) is 23.6 Å². The highest BCUT2D eigenvalue weighted by atomic mass is 19.1. The molecule has 21 heavy (non-hydrogen) atoms. The highest BCUT2D eigenvalue weighted by Gasteiger charge is 2.29. The third kappa shape index (κ3) is 3.26. The van der Waals surface area contributed by atoms with E-state index in [1.807, 2.05) is 4.90 Å². The van der Waals surface area contributed by atoms with Crippen LogP contribution in [0.1, 0.15) is 42.5 Å². The number of amides is 1. The summed E-state index contributed by atoms with van der Waals surface area (Å²) in [4.78, 5) is 17.0. The first-order valence-electron chi connectivity index (χ1n) is 8.03. The summed E-state index contributed by atoms with van der Waals surface area (Å²) < 4.78 is 13.8. The molecule has 2 heterocycles. The van der Waals surface area contributed by atoms with Gasteiger partial charge < -0.3 is 4.90 Å². The van der Waals surface area contributed by atoms with Crippen molar-refractivity contribution in [3.63, 3.8) is 0 Å². The summed E-state index contributed by atoms with van der Waals surface area (Å²) in [7, 11) is 0. The molecule has 3 rings (SSSR count). The minimum atomic E-state index is -0.413. The molecule has 0 spiro atoms. The van der Waals surface area contributed by atoms with E-state index in [0.717, 1.165) is 45.4 Å². The Morgan fingerprint density at radius 3 is 2.52 bits per heavy atom. The molecule has 0 aliphatic carbocycles. The predicted molar refractivity (Wildman–Crippen MR) is 80.7 cm³/mol. The van der Waals surface area contributed by atoms with E-state index in [0.29, 0.717) is 6.04 Å². The lowest BCUT2D eigenvalue weighted by atomic mass is 10.1. The van der Waals surface area contributed by atoms with Crippen molar-refractivity contribution < 1.29 is 9.18 Å². The Balaban J connectivity index is 1.74. The van der Waals surface area contributed by atoms with Crippen molar-refractivity contribution >= 4 is 5.91 Å². The number of carbonyl (C=O) groups excluding carboxylic acids is 1. The average Bonchev–Trinajstić information content (AvgIpc) is 2.92. The minimum absolute atomic E-state index is 0.154. The first kappa shape index (κ1) is 14.5. The molecule has 0 radical (unpaired) electrons. The van der Waals surface area contributed by atoms with Crippen LogP contribution in [0.3, 0.4) is 0 Å². The normalized spacial score (nSPS) is 24.0. The van der Waals surface area contributed by atoms with E-state index >= 15 is 0 Å². The molecule has 0 aromatic heterocycles. The molecule has 1 atom stereocenters. The maximum Gasteiger partial charge on any atom is 0.256 e. The molecule has 2 aliphatic rings. The van der Waals surface area contributed by atoms with E-state index in [9.17, 15) is 9.18 Å². The number of rotatable bonds is 2. The van der Waals surface area contributed by atoms with E-state index < -0.39 is 5.82 Å². The highest BCUT2D eigenvalue weighted by molar-refractivity contribution is 5.94. The molecular weight excluding hydrogens is 267 g/mol. The van der Waals surface area contributed by atoms with Crippen LogP contribution in [0.5, 0.6) is 0 Å². The summed E-state index contributed by atoms with van der Waals surface area (Å²) in [6, 6.07) is 6.76. The molecule has 2 saturated heterocycles. The highest BCUT2D eigenvalue weighted by Crippen LogP contribution is 2.22. The van der Waals surface area contributed by atoms with Gasteiger partial charge in [-0.2, -0.15) is 0 Å². The van der Waals surface area contributed by atoms with Crippen molar-refractivity contribution in [3.05, 3.63) is 35.6 Å². The third-order valence-electron chi connectivity index (χ3n) is 4.70. The molecule has 0 saturated carbocycles. The van der Waals surface area contributed by atoms with Gasteiger partial charge in [-0.15, -0.1) is 0 Å². The second-order valence-electron chi connectivity index (χ2n) is 6.12. The maximum absolute atomic E-state index is 13.8. The summed E-state index contributed by atoms with van der Waals surface area (Å²) in [6.45, 7) is 3.78. The number of likely N-dealkylation sites (tertiary alicyclic amines) is 2. The molecule has 3 nitrogen and oxygen atoms in total. The molecule has 1 unspecified atom stereocenters. The summed E-state index contributed by atoms with van der Waals surface area (Å²) in [5.41, 5.74) is 0.208. The zero-order valence-corrected chi connectivity index (χ0v) is 12.4. The second-order valence-corrected chi connectivity index (χ2v) is 6.12. The fourth-order valence-corrected chi connectivity index (χ4v) is 3.51. The van der Waals surface area contributed by atoms with Gasteiger partial charge in [-0.05, 0) is 50.9 Å². The summed E-state index contributed by atoms with van der Waals surface area (Å²) >= 11 is 0. The molecule has 0 bridgehead atoms. The Hall–Kier alpha value is -1.42. The van der Waals surface area contributed by atoms with Crippen LogP contribution in [0.2, 0.25) is 0 Å². The van der Waals surface area contributed by atoms with Crippen molar-refractivity contribution in [1.82, 2.24) is 9.80 Å². The number of hydrogen-bond acceptors (Lipinski definition) is 2. The molecule has 1 amide bonds. The van der Waals surface area contributed by atoms with Crippen LogP contribution in [0.15, 0.2) is 24.3 Å². The first-order chi connectivity index (χ1) is 10.3. The molecule has 4 heteroatoms. The lowest BCUT2D eigenvalue weighted by Gasteiger charge is -2.30. The van der Waals surface area contributed by atoms with Crippen LogP contribution >= 0.6 is 0 Å². The van der Waals surface area contributed by atoms with Crippen molar-refractivity contribution in [2.75, 3.05) is 26.2 Å². The predicted octanol–water partition coefficient (Wildman–Crippen LogP) is 2.92. The average molecular weight is 290 g/mol. The van der Waals surface area contributed by atoms with Crippen molar-refractivity contribution in [3.8, 4) is 0 Å². The van der Waals surface area contributed by atoms with Crippen LogP contribution in [0.25, 0.3) is 0 Å². The largest absolute Gasteiger partial charge is 0.337 e. The maximum atomic E-state index is 13.8. The van der Waals surface area contributed by atoms with E-state index in [2.05, 4.69) is 4.90 Å². The van der Waals surface area contributed by atoms with Crippen LogP contribution in [-0.4, -0.2) is 47.9 Å². The van der Waals surface area contributed by atoms with Crippen LogP contribution in [0.4, 0.5) is 4.39 Å². The van der Waals surface area contributed by atoms with Crippen LogP contribution in [0, 0.1) is 5.82 Å². The zero-order chi connectivity index (χ0) is 14.7. The lowest BCUT2D eigenvalue weighted by Crippen LogP contribution is -2.44. The molecule has 1 aromatic rings. The van der Waals surface area contributed by atoms with Gasteiger partial charge >= 0.3 is 0 Å². The standard InChI is InChI=1S/C17H23FN2O/c18-16-9-2-1-8-15(16)17(21)20-12-4-3-7-14(13-20)19-10-5-6-11-19/h1-2,8-9,14H,3-7,10-13H2. The first-order valence-corrected chi connectivity index (χ1v) is 8.03. The monoisotopic (exact) mass is 290 g/mol. The van der Waals surface area contributed by atoms with Gasteiger partial charge in [-0.3, -0.25) is 9.69 Å². The number of nitrogens with zero attached hydrogens (tertiary/aromatic N) is 2. The van der Waals surface area contributed by atoms with Crippen LogP contribution < -0.4 is 0 Å². The number of halogens is 1. The van der Waals surface area contributed by atoms with Crippen LogP contribution in [-0.2, 0) is 0 Å². The summed E-state index contributed by atoms with van der Waals surface area (Å²) in [5, 5.41) is 0. The minimum Gasteiger partial charge on any atom is -0.337 e. The van der Waals surface area contributed by atoms with Crippen molar-refractivity contribution in [2.24, 2.45) is 0 Å². The summed E-state index contributed by atoms with van der Waals surface area (Å²) in [5.74, 6) is -0.566. The third-order valence-corrected chi connectivity index (χ3v) is 4.70. The number of carbonyl (C=O) groups is 1. The summed E-state index contributed by atoms with van der Waals surface area (Å²) in [6.07, 6.45) is 5.85. The molecule has 1 aromatic carbocycles. The zero-order valence-electron chi connectivity index (χ0n) is 12.4. The SMILES string of the molecule is O=C(c1ccccc1F)N1CCCCC(N2CCCC2)C1. The quantitative estimate of drug-likeness (QED) is 0.836. The van der Waals surface area contributed by atoms with Gasteiger partial charge in [0.05, 0.1) is 5.56 Å². The second kappa shape index (κ2) is 6.56. The Morgan fingerprint density at radius 2 is 1.76 bits per heavy atom. The fraction of sp³-hybridized carbons (Fsp3) is 0.588. The van der Waals surface area contributed by atoms with Crippen molar-refractivity contribution in [2.45, 2.75) is 38.1 Å². The van der Waals surface area contributed by atoms with Gasteiger partial charge in [-0.25, -0.2) is 4.39 Å². The lowest BCUT2D eigenvalue weighted by molar-refractivity contribution is 0.0709. The van der Waals surface area contributed by atoms with E-state index in [-0.39, 0.29) is 11.5 Å². The molecule has 2 aliphatic heterocycles. The Morgan fingerprint density at radius 1 is 1.05 bits per heavy atom. The van der Waals surface area contributed by atoms with Gasteiger partial charge in [0, 0.05) is 19.1 Å². The fourth-order valence-electron chi connectivity index (χ4n) is 3.51. The Bertz CT molecular complexity index is 499. The van der Waals surface area contributed by atoms with Gasteiger partial charge in [-0.1, -0.05) is 18.6 Å². The van der Waals surface area contributed by atoms with Gasteiger partial charge in [0.15, 0.2) is 0 Å². The van der Waals surface area contributed by atoms with Gasteiger partial charge in [0.1, 0.15) is 5.82 Å². The Labute approximate surface area is 125 Å². The van der Waals surface area contributed by atoms with Gasteiger partial charge in [0.2, 0.25) is 0 Å². The molecule has 0 N–H and O–H groups in total. The smallest absolute Gasteiger partial charge is 0.256 e. The molecule has 114 valence electrons. The van der Waals surface area contributed by atoms with Gasteiger partial charge in [0.25, 0.3) is 5.91 Å². The van der Waals surface area contributed by atoms with E-state index in [4.69, 9.17) is 0 Å².